The Bertz CT molecular complexity index is 375. The van der Waals surface area contributed by atoms with Gasteiger partial charge in [0.15, 0.2) is 0 Å². The molecule has 0 radical (unpaired) electrons. The lowest BCUT2D eigenvalue weighted by atomic mass is 10.1. The van der Waals surface area contributed by atoms with Crippen LogP contribution in [-0.2, 0) is 0 Å². The molecule has 0 saturated heterocycles. The molecule has 0 aromatic heterocycles. The van der Waals surface area contributed by atoms with Crippen molar-refractivity contribution in [2.45, 2.75) is 6.85 Å². The average molecular weight is 156 g/mol. The van der Waals surface area contributed by atoms with Crippen molar-refractivity contribution in [1.29, 1.82) is 0 Å². The van der Waals surface area contributed by atoms with Crippen LogP contribution in [0.25, 0.3) is 0 Å². The topological polar surface area (TPSA) is 43.1 Å². The molecule has 11 heavy (non-hydrogen) atoms. The zero-order chi connectivity index (χ0) is 10.9. The minimum Gasteiger partial charge on any atom is -0.365 e. The van der Waals surface area contributed by atoms with Gasteiger partial charge in [-0.05, 0) is 18.5 Å². The molecule has 0 aliphatic rings. The fraction of sp³-hybridized carbons (Fsp3) is 0.125. The molecule has 1 rings (SSSR count). The number of nitrogens with two attached hydrogens (primary N) is 1. The van der Waals surface area contributed by atoms with Crippen molar-refractivity contribution in [1.82, 2.24) is 0 Å². The van der Waals surface area contributed by atoms with Crippen molar-refractivity contribution in [2.24, 2.45) is 5.73 Å². The van der Waals surface area contributed by atoms with Crippen molar-refractivity contribution >= 4 is 5.91 Å². The van der Waals surface area contributed by atoms with Gasteiger partial charge in [0.2, 0.25) is 0 Å². The van der Waals surface area contributed by atoms with Gasteiger partial charge >= 0.3 is 0 Å². The molecule has 2 nitrogen and oxygen atoms in total. The Hall–Kier alpha value is -1.38. The van der Waals surface area contributed by atoms with Gasteiger partial charge in [-0.25, -0.2) is 4.39 Å². The Morgan fingerprint density at radius 1 is 1.73 bits per heavy atom. The highest BCUT2D eigenvalue weighted by molar-refractivity contribution is 5.94. The zero-order valence-corrected chi connectivity index (χ0v) is 5.60. The Labute approximate surface area is 68.0 Å². The van der Waals surface area contributed by atoms with Crippen LogP contribution in [0.5, 0.6) is 0 Å². The first-order valence-electron chi connectivity index (χ1n) is 4.43. The van der Waals surface area contributed by atoms with Crippen LogP contribution in [0.15, 0.2) is 18.2 Å². The predicted molar refractivity (Wildman–Crippen MR) is 39.7 cm³/mol. The third kappa shape index (κ3) is 1.37. The van der Waals surface area contributed by atoms with E-state index in [1.807, 2.05) is 0 Å². The summed E-state index contributed by atoms with van der Waals surface area (Å²) in [6, 6.07) is 3.38. The maximum Gasteiger partial charge on any atom is 0.251 e. The highest BCUT2D eigenvalue weighted by Gasteiger charge is 2.09. The number of halogens is 1. The number of hydrogen-bond donors (Lipinski definition) is 1. The van der Waals surface area contributed by atoms with Gasteiger partial charge in [-0.1, -0.05) is 12.1 Å². The van der Waals surface area contributed by atoms with E-state index in [0.29, 0.717) is 0 Å². The van der Waals surface area contributed by atoms with Crippen LogP contribution in [0.1, 0.15) is 20.0 Å². The monoisotopic (exact) mass is 156 g/mol. The molecule has 0 spiro atoms. The Balaban J connectivity index is 3.44. The Morgan fingerprint density at radius 3 is 2.91 bits per heavy atom. The molecule has 0 unspecified atom stereocenters. The summed E-state index contributed by atoms with van der Waals surface area (Å²) in [5.74, 6) is -1.99. The molecule has 0 bridgehead atoms. The first-order chi connectivity index (χ1) is 6.34. The van der Waals surface area contributed by atoms with E-state index in [4.69, 9.17) is 9.85 Å². The first-order valence-corrected chi connectivity index (χ1v) is 2.93. The van der Waals surface area contributed by atoms with E-state index < -0.39 is 24.1 Å². The van der Waals surface area contributed by atoms with Crippen LogP contribution in [-0.4, -0.2) is 5.91 Å². The van der Waals surface area contributed by atoms with Crippen molar-refractivity contribution in [2.75, 3.05) is 0 Å². The number of carbonyl (C=O) groups excluding carboxylic acids is 1. The highest BCUT2D eigenvalue weighted by Crippen LogP contribution is 2.10. The fourth-order valence-electron chi connectivity index (χ4n) is 0.775. The molecule has 0 aliphatic carbocycles. The largest absolute Gasteiger partial charge is 0.365 e. The average Bonchev–Trinajstić information content (AvgIpc) is 2.01. The number of rotatable bonds is 1. The van der Waals surface area contributed by atoms with Crippen molar-refractivity contribution < 1.29 is 13.3 Å². The molecule has 0 heterocycles. The predicted octanol–water partition coefficient (Wildman–Crippen LogP) is 1.23. The van der Waals surface area contributed by atoms with Crippen molar-refractivity contribution in [3.05, 3.63) is 35.1 Å². The summed E-state index contributed by atoms with van der Waals surface area (Å²) in [4.78, 5) is 10.8. The van der Waals surface area contributed by atoms with Crippen LogP contribution in [0.2, 0.25) is 0 Å². The van der Waals surface area contributed by atoms with Crippen LogP contribution >= 0.6 is 0 Å². The summed E-state index contributed by atoms with van der Waals surface area (Å²) in [5.41, 5.74) is 3.96. The third-order valence-corrected chi connectivity index (χ3v) is 1.26. The lowest BCUT2D eigenvalue weighted by Gasteiger charge is -2.00. The van der Waals surface area contributed by atoms with Crippen molar-refractivity contribution in [3.8, 4) is 0 Å². The number of hydrogen-bond acceptors (Lipinski definition) is 1. The number of aryl methyl sites for hydroxylation is 1. The molecule has 1 aromatic carbocycles. The lowest BCUT2D eigenvalue weighted by molar-refractivity contribution is 0.0996. The number of primary amides is 1. The maximum atomic E-state index is 13.1. The number of carbonyl (C=O) groups is 1. The molecule has 3 heteroatoms. The van der Waals surface area contributed by atoms with Gasteiger partial charge in [-0.2, -0.15) is 0 Å². The molecule has 1 amide bonds. The Morgan fingerprint density at radius 2 is 2.45 bits per heavy atom. The first kappa shape index (κ1) is 4.49. The molecular formula is C8H8FNO. The molecule has 0 fully saturated rings. The zero-order valence-electron chi connectivity index (χ0n) is 8.60. The normalized spacial score (nSPS) is 14.8. The van der Waals surface area contributed by atoms with E-state index >= 15 is 0 Å². The maximum absolute atomic E-state index is 13.1. The quantitative estimate of drug-likeness (QED) is 0.653. The summed E-state index contributed by atoms with van der Waals surface area (Å²) >= 11 is 0. The van der Waals surface area contributed by atoms with Gasteiger partial charge in [0, 0.05) is 4.11 Å². The summed E-state index contributed by atoms with van der Waals surface area (Å²) in [6.45, 7) is -2.54. The van der Waals surface area contributed by atoms with Gasteiger partial charge in [0.25, 0.3) is 5.91 Å². The summed E-state index contributed by atoms with van der Waals surface area (Å²) in [5, 5.41) is 0. The Kier molecular flexibility index (Phi) is 1.10. The highest BCUT2D eigenvalue weighted by atomic mass is 19.1. The third-order valence-electron chi connectivity index (χ3n) is 1.26. The molecule has 58 valence electrons. The van der Waals surface area contributed by atoms with Crippen LogP contribution < -0.4 is 5.73 Å². The van der Waals surface area contributed by atoms with Crippen molar-refractivity contribution in [3.63, 3.8) is 0 Å². The summed E-state index contributed by atoms with van der Waals surface area (Å²) in [6.07, 6.45) is 0. The minimum absolute atomic E-state index is 0.356. The van der Waals surface area contributed by atoms with E-state index in [2.05, 4.69) is 0 Å². The lowest BCUT2D eigenvalue weighted by Crippen LogP contribution is -2.14. The summed E-state index contributed by atoms with van der Waals surface area (Å²) in [7, 11) is 0. The van der Waals surface area contributed by atoms with Gasteiger partial charge in [-0.3, -0.25) is 4.79 Å². The summed E-state index contributed by atoms with van der Waals surface area (Å²) < 4.78 is 34.3. The van der Waals surface area contributed by atoms with Crippen LogP contribution in [0, 0.1) is 12.7 Å². The van der Waals surface area contributed by atoms with Crippen LogP contribution in [0.4, 0.5) is 4.39 Å². The molecule has 0 aliphatic heterocycles. The van der Waals surface area contributed by atoms with E-state index in [-0.39, 0.29) is 5.56 Å². The van der Waals surface area contributed by atoms with E-state index in [1.165, 1.54) is 6.07 Å². The van der Waals surface area contributed by atoms with Crippen LogP contribution in [0.3, 0.4) is 0 Å². The smallest absolute Gasteiger partial charge is 0.251 e. The van der Waals surface area contributed by atoms with E-state index in [0.717, 1.165) is 12.1 Å². The molecule has 0 saturated carbocycles. The second kappa shape index (κ2) is 2.70. The molecule has 2 N–H and O–H groups in total. The second-order valence-corrected chi connectivity index (χ2v) is 2.03. The minimum atomic E-state index is -2.54. The van der Waals surface area contributed by atoms with Gasteiger partial charge in [-0.15, -0.1) is 0 Å². The molecule has 0 atom stereocenters. The SMILES string of the molecule is [2H]C([2H])([2H])c1cccc(F)c1C(N)=O. The fourth-order valence-corrected chi connectivity index (χ4v) is 0.775. The number of benzene rings is 1. The molecular weight excluding hydrogens is 145 g/mol. The molecule has 1 aromatic rings. The van der Waals surface area contributed by atoms with Gasteiger partial charge in [0.05, 0.1) is 5.56 Å². The van der Waals surface area contributed by atoms with Gasteiger partial charge < -0.3 is 5.73 Å². The second-order valence-electron chi connectivity index (χ2n) is 2.03. The van der Waals surface area contributed by atoms with E-state index in [1.54, 1.807) is 0 Å². The number of amides is 1. The van der Waals surface area contributed by atoms with E-state index in [9.17, 15) is 9.18 Å². The standard InChI is InChI=1S/C8H8FNO/c1-5-3-2-4-6(9)7(5)8(10)11/h2-4H,1H3,(H2,10,11)/i1D3. The van der Waals surface area contributed by atoms with Gasteiger partial charge in [0.1, 0.15) is 5.82 Å².